The fraction of sp³-hybridized carbons (Fsp3) is 0. The van der Waals surface area contributed by atoms with Crippen LogP contribution in [0.1, 0.15) is 47.8 Å². The van der Waals surface area contributed by atoms with Crippen molar-refractivity contribution >= 4 is 34.8 Å². The summed E-state index contributed by atoms with van der Waals surface area (Å²) >= 11 is 0. The normalized spacial score (nSPS) is 9.77. The van der Waals surface area contributed by atoms with Crippen LogP contribution in [0.25, 0.3) is 0 Å². The molecule has 0 spiro atoms. The largest absolute Gasteiger partial charge is 0.322 e. The molecule has 4 aromatic rings. The van der Waals surface area contributed by atoms with Crippen LogP contribution in [0.4, 0.5) is 17.1 Å². The summed E-state index contributed by atoms with van der Waals surface area (Å²) in [7, 11) is 0. The van der Waals surface area contributed by atoms with E-state index < -0.39 is 17.7 Å². The van der Waals surface area contributed by atoms with E-state index in [1.165, 1.54) is 18.2 Å². The van der Waals surface area contributed by atoms with Crippen molar-refractivity contribution in [3.05, 3.63) is 124 Å². The van der Waals surface area contributed by atoms with Crippen molar-refractivity contribution in [3.63, 3.8) is 0 Å². The molecular weight excluding hydrogens is 486 g/mol. The molecule has 0 bridgehead atoms. The molecule has 0 fully saturated rings. The molecule has 6 heteroatoms. The summed E-state index contributed by atoms with van der Waals surface area (Å²) in [4.78, 5) is 39.3. The lowest BCUT2D eigenvalue weighted by atomic mass is 10.1. The number of hydrogen-bond donors (Lipinski definition) is 3. The second-order valence-corrected chi connectivity index (χ2v) is 8.34. The number of benzene rings is 4. The fourth-order valence-corrected chi connectivity index (χ4v) is 3.70. The molecule has 0 unspecified atom stereocenters. The van der Waals surface area contributed by atoms with Crippen molar-refractivity contribution < 1.29 is 14.4 Å². The number of amides is 3. The number of terminal acetylenes is 3. The molecular formula is C33H21N3O3. The Morgan fingerprint density at radius 1 is 0.462 bits per heavy atom. The van der Waals surface area contributed by atoms with E-state index >= 15 is 0 Å². The van der Waals surface area contributed by atoms with E-state index in [9.17, 15) is 14.4 Å². The molecule has 0 atom stereocenters. The first kappa shape index (κ1) is 26.0. The third-order valence-electron chi connectivity index (χ3n) is 5.58. The first-order chi connectivity index (χ1) is 18.9. The summed E-state index contributed by atoms with van der Waals surface area (Å²) in [6, 6.07) is 24.5. The predicted octanol–water partition coefficient (Wildman–Crippen LogP) is 5.39. The van der Waals surface area contributed by atoms with Crippen molar-refractivity contribution in [2.45, 2.75) is 0 Å². The first-order valence-electron chi connectivity index (χ1n) is 11.7. The molecule has 0 radical (unpaired) electrons. The lowest BCUT2D eigenvalue weighted by molar-refractivity contribution is 0.101. The number of carbonyl (C=O) groups is 3. The van der Waals surface area contributed by atoms with E-state index in [-0.39, 0.29) is 16.8 Å². The summed E-state index contributed by atoms with van der Waals surface area (Å²) in [5, 5.41) is 8.28. The average molecular weight is 508 g/mol. The number of anilines is 3. The maximum Gasteiger partial charge on any atom is 0.255 e. The number of carbonyl (C=O) groups excluding carboxylic acids is 3. The molecule has 39 heavy (non-hydrogen) atoms. The van der Waals surface area contributed by atoms with E-state index in [4.69, 9.17) is 19.3 Å². The van der Waals surface area contributed by atoms with Gasteiger partial charge in [0.15, 0.2) is 0 Å². The summed E-state index contributed by atoms with van der Waals surface area (Å²) in [6.45, 7) is 0. The van der Waals surface area contributed by atoms with Crippen LogP contribution in [-0.4, -0.2) is 17.7 Å². The minimum Gasteiger partial charge on any atom is -0.322 e. The van der Waals surface area contributed by atoms with Crippen LogP contribution in [0.15, 0.2) is 91.0 Å². The summed E-state index contributed by atoms with van der Waals surface area (Å²) in [6.07, 6.45) is 16.4. The van der Waals surface area contributed by atoms with Crippen LogP contribution in [0, 0.1) is 37.0 Å². The molecule has 0 aliphatic rings. The van der Waals surface area contributed by atoms with Crippen LogP contribution in [0.2, 0.25) is 0 Å². The van der Waals surface area contributed by atoms with Gasteiger partial charge in [0.25, 0.3) is 17.7 Å². The summed E-state index contributed by atoms with van der Waals surface area (Å²) in [5.41, 5.74) is 3.52. The van der Waals surface area contributed by atoms with E-state index in [1.54, 1.807) is 72.8 Å². The topological polar surface area (TPSA) is 87.3 Å². The Morgan fingerprint density at radius 2 is 0.872 bits per heavy atom. The Labute approximate surface area is 226 Å². The van der Waals surface area contributed by atoms with E-state index in [0.717, 1.165) is 0 Å². The van der Waals surface area contributed by atoms with Gasteiger partial charge in [0, 0.05) is 50.4 Å². The molecule has 0 aromatic heterocycles. The standard InChI is InChI=1S/C33H21N3O3/c1-4-22-10-7-13-25(16-22)31(37)36-30-20-26(32(38)34-28-14-8-11-23(5-2)17-28)19-27(21-30)33(39)35-29-15-9-12-24(6-3)18-29/h1-3,7-21H,(H,34,38)(H,35,39)(H,36,37). The number of nitrogens with one attached hydrogen (secondary N) is 3. The molecule has 3 amide bonds. The van der Waals surface area contributed by atoms with E-state index in [1.807, 2.05) is 0 Å². The highest BCUT2D eigenvalue weighted by molar-refractivity contribution is 6.11. The average Bonchev–Trinajstić information content (AvgIpc) is 2.97. The predicted molar refractivity (Wildman–Crippen MR) is 153 cm³/mol. The molecule has 3 N–H and O–H groups in total. The van der Waals surface area contributed by atoms with Gasteiger partial charge in [-0.15, -0.1) is 19.3 Å². The lowest BCUT2D eigenvalue weighted by Crippen LogP contribution is -2.18. The Balaban J connectivity index is 1.67. The van der Waals surface area contributed by atoms with Gasteiger partial charge in [0.2, 0.25) is 0 Å². The van der Waals surface area contributed by atoms with Crippen molar-refractivity contribution in [2.24, 2.45) is 0 Å². The van der Waals surface area contributed by atoms with Gasteiger partial charge in [-0.25, -0.2) is 0 Å². The minimum absolute atomic E-state index is 0.138. The van der Waals surface area contributed by atoms with Gasteiger partial charge in [-0.1, -0.05) is 36.0 Å². The van der Waals surface area contributed by atoms with Crippen molar-refractivity contribution in [1.29, 1.82) is 0 Å². The van der Waals surface area contributed by atoms with Crippen LogP contribution >= 0.6 is 0 Å². The van der Waals surface area contributed by atoms with Gasteiger partial charge in [0.1, 0.15) is 0 Å². The molecule has 4 aromatic carbocycles. The Morgan fingerprint density at radius 3 is 1.36 bits per heavy atom. The molecule has 4 rings (SSSR count). The molecule has 0 aliphatic heterocycles. The molecule has 0 saturated carbocycles. The Bertz CT molecular complexity index is 1640. The fourth-order valence-electron chi connectivity index (χ4n) is 3.70. The number of rotatable bonds is 6. The third-order valence-corrected chi connectivity index (χ3v) is 5.58. The molecule has 0 saturated heterocycles. The quantitative estimate of drug-likeness (QED) is 0.306. The monoisotopic (exact) mass is 507 g/mol. The second kappa shape index (κ2) is 11.8. The van der Waals surface area contributed by atoms with Crippen LogP contribution in [-0.2, 0) is 0 Å². The lowest BCUT2D eigenvalue weighted by Gasteiger charge is -2.13. The van der Waals surface area contributed by atoms with Crippen molar-refractivity contribution in [3.8, 4) is 37.0 Å². The van der Waals surface area contributed by atoms with Gasteiger partial charge in [0.05, 0.1) is 0 Å². The van der Waals surface area contributed by atoms with Gasteiger partial charge in [-0.05, 0) is 72.8 Å². The summed E-state index contributed by atoms with van der Waals surface area (Å²) < 4.78 is 0. The highest BCUT2D eigenvalue weighted by Crippen LogP contribution is 2.21. The van der Waals surface area contributed by atoms with Crippen LogP contribution in [0.5, 0.6) is 0 Å². The number of hydrogen-bond acceptors (Lipinski definition) is 3. The molecule has 6 nitrogen and oxygen atoms in total. The Kier molecular flexibility index (Phi) is 7.88. The first-order valence-corrected chi connectivity index (χ1v) is 11.7. The van der Waals surface area contributed by atoms with Gasteiger partial charge in [-0.2, -0.15) is 0 Å². The summed E-state index contributed by atoms with van der Waals surface area (Å²) in [5.74, 6) is 6.05. The third kappa shape index (κ3) is 6.60. The highest BCUT2D eigenvalue weighted by Gasteiger charge is 2.16. The molecule has 0 heterocycles. The smallest absolute Gasteiger partial charge is 0.255 e. The van der Waals surface area contributed by atoms with Gasteiger partial charge < -0.3 is 16.0 Å². The zero-order valence-electron chi connectivity index (χ0n) is 20.6. The van der Waals surface area contributed by atoms with Gasteiger partial charge in [-0.3, -0.25) is 14.4 Å². The Hall–Kier alpha value is -6.03. The zero-order valence-corrected chi connectivity index (χ0v) is 20.6. The minimum atomic E-state index is -0.502. The highest BCUT2D eigenvalue weighted by atomic mass is 16.2. The van der Waals surface area contributed by atoms with Crippen LogP contribution in [0.3, 0.4) is 0 Å². The molecule has 186 valence electrons. The van der Waals surface area contributed by atoms with E-state index in [2.05, 4.69) is 33.7 Å². The van der Waals surface area contributed by atoms with Crippen LogP contribution < -0.4 is 16.0 Å². The second-order valence-electron chi connectivity index (χ2n) is 8.34. The maximum absolute atomic E-state index is 13.2. The van der Waals surface area contributed by atoms with Crippen molar-refractivity contribution in [2.75, 3.05) is 16.0 Å². The van der Waals surface area contributed by atoms with Gasteiger partial charge >= 0.3 is 0 Å². The SMILES string of the molecule is C#Cc1cccc(NC(=O)c2cc(NC(=O)c3cccc(C#C)c3)cc(C(=O)Nc3cccc(C#C)c3)c2)c1. The molecule has 0 aliphatic carbocycles. The van der Waals surface area contributed by atoms with Crippen molar-refractivity contribution in [1.82, 2.24) is 0 Å². The van der Waals surface area contributed by atoms with E-state index in [0.29, 0.717) is 33.6 Å². The maximum atomic E-state index is 13.2. The zero-order chi connectivity index (χ0) is 27.8.